The van der Waals surface area contributed by atoms with Crippen molar-refractivity contribution in [3.63, 3.8) is 0 Å². The lowest BCUT2D eigenvalue weighted by Crippen LogP contribution is -2.27. The second-order valence-electron chi connectivity index (χ2n) is 4.46. The molecule has 12 heavy (non-hydrogen) atoms. The van der Waals surface area contributed by atoms with Gasteiger partial charge >= 0.3 is 0 Å². The van der Waals surface area contributed by atoms with Crippen molar-refractivity contribution >= 4 is 0 Å². The van der Waals surface area contributed by atoms with Crippen LogP contribution in [0.25, 0.3) is 0 Å². The lowest BCUT2D eigenvalue weighted by Gasteiger charge is -2.28. The number of nitrogens with one attached hydrogen (secondary N) is 1. The fourth-order valence-electron chi connectivity index (χ4n) is 2.72. The molecule has 1 aliphatic heterocycles. The van der Waals surface area contributed by atoms with Crippen LogP contribution in [-0.4, -0.2) is 26.3 Å². The van der Waals surface area contributed by atoms with Gasteiger partial charge in [-0.15, -0.1) is 0 Å². The molecule has 0 radical (unpaired) electrons. The van der Waals surface area contributed by atoms with Gasteiger partial charge in [0.1, 0.15) is 0 Å². The molecule has 0 bridgehead atoms. The van der Waals surface area contributed by atoms with Crippen LogP contribution in [0.15, 0.2) is 0 Å². The van der Waals surface area contributed by atoms with Crippen LogP contribution in [0.1, 0.15) is 26.2 Å². The van der Waals surface area contributed by atoms with Gasteiger partial charge in [-0.25, -0.2) is 0 Å². The highest BCUT2D eigenvalue weighted by atomic mass is 16.5. The predicted octanol–water partition coefficient (Wildman–Crippen LogP) is 1.41. The highest BCUT2D eigenvalue weighted by Crippen LogP contribution is 2.59. The van der Waals surface area contributed by atoms with Gasteiger partial charge in [-0.2, -0.15) is 0 Å². The van der Waals surface area contributed by atoms with E-state index in [0.29, 0.717) is 11.5 Å². The van der Waals surface area contributed by atoms with Crippen molar-refractivity contribution in [2.75, 3.05) is 20.2 Å². The Morgan fingerprint density at radius 3 is 3.00 bits per heavy atom. The summed E-state index contributed by atoms with van der Waals surface area (Å²) in [6, 6.07) is 0. The maximum atomic E-state index is 5.56. The summed E-state index contributed by atoms with van der Waals surface area (Å²) >= 11 is 0. The van der Waals surface area contributed by atoms with Gasteiger partial charge in [0.2, 0.25) is 0 Å². The summed E-state index contributed by atoms with van der Waals surface area (Å²) in [5.74, 6) is 0.939. The van der Waals surface area contributed by atoms with Gasteiger partial charge in [0.05, 0.1) is 6.10 Å². The van der Waals surface area contributed by atoms with Crippen molar-refractivity contribution in [2.24, 2.45) is 11.3 Å². The van der Waals surface area contributed by atoms with E-state index in [1.54, 1.807) is 0 Å². The maximum absolute atomic E-state index is 5.56. The average Bonchev–Trinajstić information content (AvgIpc) is 2.63. The number of ether oxygens (including phenoxy) is 1. The fourth-order valence-corrected chi connectivity index (χ4v) is 2.72. The van der Waals surface area contributed by atoms with Crippen molar-refractivity contribution in [3.8, 4) is 0 Å². The first kappa shape index (κ1) is 8.52. The zero-order valence-corrected chi connectivity index (χ0v) is 8.10. The van der Waals surface area contributed by atoms with E-state index in [0.717, 1.165) is 12.5 Å². The first-order chi connectivity index (χ1) is 5.77. The molecule has 3 atom stereocenters. The largest absolute Gasteiger partial charge is 0.378 e. The molecule has 2 aliphatic rings. The lowest BCUT2D eigenvalue weighted by molar-refractivity contribution is -0.00934. The van der Waals surface area contributed by atoms with Crippen molar-refractivity contribution in [1.29, 1.82) is 0 Å². The van der Waals surface area contributed by atoms with Crippen LogP contribution in [0.3, 0.4) is 0 Å². The van der Waals surface area contributed by atoms with Crippen LogP contribution in [0.2, 0.25) is 0 Å². The highest BCUT2D eigenvalue weighted by Gasteiger charge is 2.54. The Bertz CT molecular complexity index is 171. The monoisotopic (exact) mass is 169 g/mol. The molecular formula is C10H19NO. The Morgan fingerprint density at radius 2 is 2.33 bits per heavy atom. The molecule has 2 fully saturated rings. The second-order valence-corrected chi connectivity index (χ2v) is 4.46. The third-order valence-electron chi connectivity index (χ3n) is 3.51. The first-order valence-corrected chi connectivity index (χ1v) is 5.03. The number of hydrogen-bond donors (Lipinski definition) is 1. The molecule has 0 amide bonds. The molecule has 3 unspecified atom stereocenters. The van der Waals surface area contributed by atoms with Crippen LogP contribution in [-0.2, 0) is 4.74 Å². The number of rotatable bonds is 2. The molecule has 1 aliphatic carbocycles. The van der Waals surface area contributed by atoms with Gasteiger partial charge in [-0.3, -0.25) is 0 Å². The third-order valence-corrected chi connectivity index (χ3v) is 3.51. The highest BCUT2D eigenvalue weighted by molar-refractivity contribution is 5.04. The summed E-state index contributed by atoms with van der Waals surface area (Å²) in [6.07, 6.45) is 4.52. The summed E-state index contributed by atoms with van der Waals surface area (Å²) in [6.45, 7) is 4.39. The summed E-state index contributed by atoms with van der Waals surface area (Å²) in [7, 11) is 2.05. The van der Waals surface area contributed by atoms with Gasteiger partial charge in [0.25, 0.3) is 0 Å². The van der Waals surface area contributed by atoms with E-state index < -0.39 is 0 Å². The first-order valence-electron chi connectivity index (χ1n) is 5.03. The quantitative estimate of drug-likeness (QED) is 0.675. The zero-order chi connectivity index (χ0) is 8.60. The molecule has 0 aromatic heterocycles. The van der Waals surface area contributed by atoms with Gasteiger partial charge in [-0.05, 0) is 51.1 Å². The SMILES string of the molecule is CNCC1CC12CCOC(C)C2. The van der Waals surface area contributed by atoms with E-state index >= 15 is 0 Å². The fraction of sp³-hybridized carbons (Fsp3) is 1.00. The standard InChI is InChI=1S/C10H19NO/c1-8-5-10(3-4-12-8)6-9(10)7-11-2/h8-9,11H,3-7H2,1-2H3. The normalized spacial score (nSPS) is 46.5. The van der Waals surface area contributed by atoms with E-state index in [1.165, 1.54) is 25.8 Å². The van der Waals surface area contributed by atoms with Crippen LogP contribution in [0.4, 0.5) is 0 Å². The summed E-state index contributed by atoms with van der Waals surface area (Å²) < 4.78 is 5.56. The molecule has 70 valence electrons. The van der Waals surface area contributed by atoms with Crippen LogP contribution < -0.4 is 5.32 Å². The van der Waals surface area contributed by atoms with E-state index in [4.69, 9.17) is 4.74 Å². The average molecular weight is 169 g/mol. The van der Waals surface area contributed by atoms with Gasteiger partial charge < -0.3 is 10.1 Å². The Balaban J connectivity index is 1.88. The smallest absolute Gasteiger partial charge is 0.0552 e. The molecule has 1 saturated heterocycles. The van der Waals surface area contributed by atoms with Crippen LogP contribution in [0, 0.1) is 11.3 Å². The summed E-state index contributed by atoms with van der Waals surface area (Å²) in [5, 5.41) is 3.28. The lowest BCUT2D eigenvalue weighted by atomic mass is 9.90. The van der Waals surface area contributed by atoms with Crippen molar-refractivity contribution < 1.29 is 4.74 Å². The van der Waals surface area contributed by atoms with E-state index in [2.05, 4.69) is 19.3 Å². The molecule has 0 aromatic carbocycles. The van der Waals surface area contributed by atoms with Gasteiger partial charge in [0, 0.05) is 6.61 Å². The summed E-state index contributed by atoms with van der Waals surface area (Å²) in [4.78, 5) is 0. The Labute approximate surface area is 74.7 Å². The second kappa shape index (κ2) is 3.00. The molecule has 1 N–H and O–H groups in total. The molecule has 2 heteroatoms. The Kier molecular flexibility index (Phi) is 2.13. The van der Waals surface area contributed by atoms with E-state index in [9.17, 15) is 0 Å². The molecule has 1 saturated carbocycles. The van der Waals surface area contributed by atoms with Crippen molar-refractivity contribution in [1.82, 2.24) is 5.32 Å². The van der Waals surface area contributed by atoms with Crippen LogP contribution >= 0.6 is 0 Å². The molecule has 2 rings (SSSR count). The zero-order valence-electron chi connectivity index (χ0n) is 8.10. The molecule has 0 aromatic rings. The van der Waals surface area contributed by atoms with E-state index in [1.807, 2.05) is 0 Å². The minimum absolute atomic E-state index is 0.501. The minimum Gasteiger partial charge on any atom is -0.378 e. The Morgan fingerprint density at radius 1 is 1.50 bits per heavy atom. The minimum atomic E-state index is 0.501. The molecule has 2 nitrogen and oxygen atoms in total. The van der Waals surface area contributed by atoms with Crippen molar-refractivity contribution in [3.05, 3.63) is 0 Å². The summed E-state index contributed by atoms with van der Waals surface area (Å²) in [5.41, 5.74) is 0.681. The predicted molar refractivity (Wildman–Crippen MR) is 49.1 cm³/mol. The van der Waals surface area contributed by atoms with Gasteiger partial charge in [-0.1, -0.05) is 0 Å². The van der Waals surface area contributed by atoms with Gasteiger partial charge in [0.15, 0.2) is 0 Å². The molecular weight excluding hydrogens is 150 g/mol. The van der Waals surface area contributed by atoms with E-state index in [-0.39, 0.29) is 0 Å². The number of hydrogen-bond acceptors (Lipinski definition) is 2. The van der Waals surface area contributed by atoms with Crippen LogP contribution in [0.5, 0.6) is 0 Å². The molecule has 1 heterocycles. The van der Waals surface area contributed by atoms with Crippen molar-refractivity contribution in [2.45, 2.75) is 32.3 Å². The Hall–Kier alpha value is -0.0800. The maximum Gasteiger partial charge on any atom is 0.0552 e. The molecule has 1 spiro atoms. The third kappa shape index (κ3) is 1.38. The topological polar surface area (TPSA) is 21.3 Å².